The first kappa shape index (κ1) is 20.5. The molecule has 7 heteroatoms. The zero-order valence-corrected chi connectivity index (χ0v) is 16.7. The van der Waals surface area contributed by atoms with Gasteiger partial charge in [0.25, 0.3) is 5.69 Å². The molecular weight excluding hydrogens is 370 g/mol. The van der Waals surface area contributed by atoms with Crippen molar-refractivity contribution in [2.45, 2.75) is 39.5 Å². The molecule has 2 aromatic carbocycles. The van der Waals surface area contributed by atoms with Crippen molar-refractivity contribution >= 4 is 22.6 Å². The lowest BCUT2D eigenvalue weighted by Crippen LogP contribution is -2.15. The second-order valence-corrected chi connectivity index (χ2v) is 7.07. The van der Waals surface area contributed by atoms with Crippen LogP contribution in [0.15, 0.2) is 48.5 Å². The first-order valence-electron chi connectivity index (χ1n) is 9.94. The molecular formula is C22H25N3O4. The van der Waals surface area contributed by atoms with Gasteiger partial charge in [-0.15, -0.1) is 0 Å². The van der Waals surface area contributed by atoms with E-state index < -0.39 is 10.9 Å². The number of para-hydroxylation sites is 1. The number of hydrogen-bond donors (Lipinski definition) is 0. The average molecular weight is 395 g/mol. The summed E-state index contributed by atoms with van der Waals surface area (Å²) in [7, 11) is 0. The van der Waals surface area contributed by atoms with Gasteiger partial charge in [-0.2, -0.15) is 5.10 Å². The van der Waals surface area contributed by atoms with Gasteiger partial charge < -0.3 is 4.74 Å². The lowest BCUT2D eigenvalue weighted by molar-refractivity contribution is -0.384. The fraction of sp³-hybridized carbons (Fsp3) is 0.364. The Bertz CT molecular complexity index is 998. The summed E-state index contributed by atoms with van der Waals surface area (Å²) in [6, 6.07) is 13.6. The Balaban J connectivity index is 1.95. The van der Waals surface area contributed by atoms with Crippen LogP contribution in [-0.2, 0) is 4.74 Å². The molecule has 0 saturated carbocycles. The smallest absolute Gasteiger partial charge is 0.359 e. The minimum atomic E-state index is -0.506. The van der Waals surface area contributed by atoms with Gasteiger partial charge in [0.15, 0.2) is 5.69 Å². The number of fused-ring (bicyclic) bond motifs is 1. The molecule has 29 heavy (non-hydrogen) atoms. The number of non-ortho nitro benzene ring substituents is 1. The number of unbranched alkanes of at least 4 members (excludes halogenated alkanes) is 1. The molecule has 0 aliphatic heterocycles. The number of aromatic nitrogens is 2. The highest BCUT2D eigenvalue weighted by molar-refractivity contribution is 6.03. The summed E-state index contributed by atoms with van der Waals surface area (Å²) in [6.45, 7) is 4.58. The standard InChI is InChI=1S/C22H25N3O4/c1-3-5-9-16(4-2)15-29-22(26)21-19-13-12-18(25(27)28)14-20(19)24(23-21)17-10-7-6-8-11-17/h6-8,10-14,16H,3-5,9,15H2,1-2H3. The highest BCUT2D eigenvalue weighted by atomic mass is 16.6. The van der Waals surface area contributed by atoms with Crippen LogP contribution in [0.1, 0.15) is 50.0 Å². The van der Waals surface area contributed by atoms with Crippen molar-refractivity contribution in [2.24, 2.45) is 5.92 Å². The highest BCUT2D eigenvalue weighted by Crippen LogP contribution is 2.27. The fourth-order valence-corrected chi connectivity index (χ4v) is 3.29. The van der Waals surface area contributed by atoms with Crippen molar-refractivity contribution < 1.29 is 14.5 Å². The Morgan fingerprint density at radius 1 is 1.21 bits per heavy atom. The summed E-state index contributed by atoms with van der Waals surface area (Å²) in [5.74, 6) is -0.184. The number of esters is 1. The topological polar surface area (TPSA) is 87.3 Å². The van der Waals surface area contributed by atoms with E-state index in [1.807, 2.05) is 30.3 Å². The number of benzene rings is 2. The largest absolute Gasteiger partial charge is 0.461 e. The number of carbonyl (C=O) groups excluding carboxylic acids is 1. The SMILES string of the molecule is CCCCC(CC)COC(=O)c1nn(-c2ccccc2)c2cc([N+](=O)[O-])ccc12. The van der Waals surface area contributed by atoms with Gasteiger partial charge in [0.1, 0.15) is 0 Å². The third kappa shape index (κ3) is 4.62. The minimum absolute atomic E-state index is 0.0555. The molecule has 0 spiro atoms. The normalized spacial score (nSPS) is 12.1. The first-order valence-corrected chi connectivity index (χ1v) is 9.94. The van der Waals surface area contributed by atoms with E-state index in [9.17, 15) is 14.9 Å². The number of nitro benzene ring substituents is 1. The molecule has 152 valence electrons. The lowest BCUT2D eigenvalue weighted by atomic mass is 10.0. The summed E-state index contributed by atoms with van der Waals surface area (Å²) in [6.07, 6.45) is 4.17. The van der Waals surface area contributed by atoms with Gasteiger partial charge in [-0.25, -0.2) is 9.48 Å². The van der Waals surface area contributed by atoms with Crippen molar-refractivity contribution in [2.75, 3.05) is 6.61 Å². The molecule has 1 atom stereocenters. The van der Waals surface area contributed by atoms with E-state index in [1.165, 1.54) is 12.1 Å². The van der Waals surface area contributed by atoms with Gasteiger partial charge in [0, 0.05) is 17.5 Å². The van der Waals surface area contributed by atoms with Crippen LogP contribution in [0.3, 0.4) is 0 Å². The van der Waals surface area contributed by atoms with E-state index >= 15 is 0 Å². The molecule has 0 saturated heterocycles. The monoisotopic (exact) mass is 395 g/mol. The van der Waals surface area contributed by atoms with Crippen molar-refractivity contribution in [1.82, 2.24) is 9.78 Å². The third-order valence-corrected chi connectivity index (χ3v) is 5.06. The van der Waals surface area contributed by atoms with Crippen LogP contribution in [0, 0.1) is 16.0 Å². The second kappa shape index (κ2) is 9.32. The molecule has 0 aliphatic rings. The number of carbonyl (C=O) groups is 1. The van der Waals surface area contributed by atoms with Gasteiger partial charge in [0.2, 0.25) is 0 Å². The Morgan fingerprint density at radius 2 is 1.97 bits per heavy atom. The lowest BCUT2D eigenvalue weighted by Gasteiger charge is -2.14. The highest BCUT2D eigenvalue weighted by Gasteiger charge is 2.22. The zero-order chi connectivity index (χ0) is 20.8. The van der Waals surface area contributed by atoms with Gasteiger partial charge in [-0.3, -0.25) is 10.1 Å². The van der Waals surface area contributed by atoms with Crippen LogP contribution in [-0.4, -0.2) is 27.3 Å². The van der Waals surface area contributed by atoms with E-state index in [0.29, 0.717) is 29.1 Å². The number of hydrogen-bond acceptors (Lipinski definition) is 5. The molecule has 0 N–H and O–H groups in total. The Morgan fingerprint density at radius 3 is 2.62 bits per heavy atom. The van der Waals surface area contributed by atoms with Crippen molar-refractivity contribution in [1.29, 1.82) is 0 Å². The molecule has 1 unspecified atom stereocenters. The molecule has 1 aromatic heterocycles. The summed E-state index contributed by atoms with van der Waals surface area (Å²) < 4.78 is 7.11. The predicted octanol–water partition coefficient (Wildman–Crippen LogP) is 5.31. The first-order chi connectivity index (χ1) is 14.0. The van der Waals surface area contributed by atoms with E-state index in [-0.39, 0.29) is 11.4 Å². The average Bonchev–Trinajstić information content (AvgIpc) is 3.13. The minimum Gasteiger partial charge on any atom is -0.461 e. The maximum absolute atomic E-state index is 12.8. The van der Waals surface area contributed by atoms with E-state index in [1.54, 1.807) is 10.7 Å². The van der Waals surface area contributed by atoms with E-state index in [4.69, 9.17) is 4.74 Å². The Kier molecular flexibility index (Phi) is 6.59. The number of ether oxygens (including phenoxy) is 1. The summed E-state index contributed by atoms with van der Waals surface area (Å²) >= 11 is 0. The molecule has 3 aromatic rings. The van der Waals surface area contributed by atoms with Crippen LogP contribution in [0.25, 0.3) is 16.6 Å². The maximum Gasteiger partial charge on any atom is 0.359 e. The maximum atomic E-state index is 12.8. The summed E-state index contributed by atoms with van der Waals surface area (Å²) in [5, 5.41) is 16.2. The molecule has 0 bridgehead atoms. The Labute approximate surface area is 169 Å². The van der Waals surface area contributed by atoms with E-state index in [0.717, 1.165) is 25.7 Å². The zero-order valence-electron chi connectivity index (χ0n) is 16.7. The second-order valence-electron chi connectivity index (χ2n) is 7.07. The molecule has 0 aliphatic carbocycles. The summed E-state index contributed by atoms with van der Waals surface area (Å²) in [5.41, 5.74) is 1.33. The van der Waals surface area contributed by atoms with Crippen LogP contribution in [0.5, 0.6) is 0 Å². The molecule has 3 rings (SSSR count). The number of nitro groups is 1. The van der Waals surface area contributed by atoms with Crippen LogP contribution in [0.2, 0.25) is 0 Å². The molecule has 7 nitrogen and oxygen atoms in total. The van der Waals surface area contributed by atoms with Crippen molar-refractivity contribution in [3.63, 3.8) is 0 Å². The van der Waals surface area contributed by atoms with Crippen LogP contribution in [0.4, 0.5) is 5.69 Å². The van der Waals surface area contributed by atoms with Gasteiger partial charge in [-0.05, 0) is 30.5 Å². The third-order valence-electron chi connectivity index (χ3n) is 5.06. The fourth-order valence-electron chi connectivity index (χ4n) is 3.29. The van der Waals surface area contributed by atoms with Gasteiger partial charge in [-0.1, -0.05) is 51.3 Å². The molecule has 0 radical (unpaired) electrons. The van der Waals surface area contributed by atoms with Gasteiger partial charge >= 0.3 is 5.97 Å². The van der Waals surface area contributed by atoms with Crippen LogP contribution >= 0.6 is 0 Å². The van der Waals surface area contributed by atoms with E-state index in [2.05, 4.69) is 18.9 Å². The molecule has 1 heterocycles. The number of rotatable bonds is 9. The molecule has 0 fully saturated rings. The molecule has 0 amide bonds. The van der Waals surface area contributed by atoms with Crippen LogP contribution < -0.4 is 0 Å². The van der Waals surface area contributed by atoms with Crippen molar-refractivity contribution in [3.05, 3.63) is 64.3 Å². The Hall–Kier alpha value is -3.22. The van der Waals surface area contributed by atoms with Crippen molar-refractivity contribution in [3.8, 4) is 5.69 Å². The quantitative estimate of drug-likeness (QED) is 0.278. The number of nitrogens with zero attached hydrogens (tertiary/aromatic N) is 3. The summed E-state index contributed by atoms with van der Waals surface area (Å²) in [4.78, 5) is 23.5. The predicted molar refractivity (Wildman–Crippen MR) is 111 cm³/mol. The van der Waals surface area contributed by atoms with Gasteiger partial charge in [0.05, 0.1) is 22.7 Å².